The molecule has 1 aromatic carbocycles. The summed E-state index contributed by atoms with van der Waals surface area (Å²) < 4.78 is 0. The van der Waals surface area contributed by atoms with Crippen LogP contribution in [0.4, 0.5) is 0 Å². The molecule has 1 aromatic rings. The molecule has 0 bridgehead atoms. The Hall–Kier alpha value is -0.500. The molecule has 0 saturated heterocycles. The molecule has 3 heteroatoms. The van der Waals surface area contributed by atoms with Crippen molar-refractivity contribution in [2.75, 3.05) is 6.54 Å². The number of benzene rings is 1. The number of halogens is 2. The maximum atomic E-state index is 6.21. The van der Waals surface area contributed by atoms with Gasteiger partial charge >= 0.3 is 0 Å². The highest BCUT2D eigenvalue weighted by Crippen LogP contribution is 2.26. The van der Waals surface area contributed by atoms with E-state index in [4.69, 9.17) is 23.2 Å². The predicted molar refractivity (Wildman–Crippen MR) is 81.7 cm³/mol. The van der Waals surface area contributed by atoms with Crippen molar-refractivity contribution in [1.29, 1.82) is 0 Å². The molecule has 0 fully saturated rings. The molecule has 0 heterocycles. The molecule has 0 aliphatic heterocycles. The van der Waals surface area contributed by atoms with Crippen LogP contribution in [0.15, 0.2) is 30.9 Å². The molecule has 100 valence electrons. The lowest BCUT2D eigenvalue weighted by atomic mass is 10.0. The van der Waals surface area contributed by atoms with Gasteiger partial charge in [0.15, 0.2) is 0 Å². The van der Waals surface area contributed by atoms with Gasteiger partial charge in [-0.15, -0.1) is 6.58 Å². The topological polar surface area (TPSA) is 12.0 Å². The van der Waals surface area contributed by atoms with Crippen molar-refractivity contribution in [2.24, 2.45) is 0 Å². The van der Waals surface area contributed by atoms with Crippen LogP contribution in [0.5, 0.6) is 0 Å². The number of hydrogen-bond acceptors (Lipinski definition) is 1. The second kappa shape index (κ2) is 8.58. The average Bonchev–Trinajstić information content (AvgIpc) is 2.36. The van der Waals surface area contributed by atoms with Crippen molar-refractivity contribution in [3.8, 4) is 0 Å². The second-order valence-electron chi connectivity index (χ2n) is 4.42. The van der Waals surface area contributed by atoms with Crippen LogP contribution in [-0.2, 0) is 6.42 Å². The van der Waals surface area contributed by atoms with Gasteiger partial charge < -0.3 is 5.32 Å². The van der Waals surface area contributed by atoms with E-state index in [2.05, 4.69) is 18.8 Å². The van der Waals surface area contributed by atoms with Gasteiger partial charge in [-0.1, -0.05) is 42.3 Å². The van der Waals surface area contributed by atoms with E-state index in [-0.39, 0.29) is 0 Å². The fraction of sp³-hybridized carbons (Fsp3) is 0.467. The average molecular weight is 286 g/mol. The van der Waals surface area contributed by atoms with E-state index in [9.17, 15) is 0 Å². The second-order valence-corrected chi connectivity index (χ2v) is 5.24. The van der Waals surface area contributed by atoms with Crippen LogP contribution in [-0.4, -0.2) is 12.6 Å². The Balaban J connectivity index is 2.71. The summed E-state index contributed by atoms with van der Waals surface area (Å²) in [6.45, 7) is 6.96. The summed E-state index contributed by atoms with van der Waals surface area (Å²) in [6, 6.07) is 6.08. The first kappa shape index (κ1) is 15.6. The SMILES string of the molecule is C=CCCC(Cc1c(Cl)cccc1Cl)NCCC. The predicted octanol–water partition coefficient (Wildman–Crippen LogP) is 4.87. The lowest BCUT2D eigenvalue weighted by molar-refractivity contribution is 0.481. The van der Waals surface area contributed by atoms with E-state index in [1.807, 2.05) is 24.3 Å². The third-order valence-corrected chi connectivity index (χ3v) is 3.62. The standard InChI is InChI=1S/C15H21Cl2N/c1-3-5-7-12(18-10-4-2)11-13-14(16)8-6-9-15(13)17/h3,6,8-9,12,18H,1,4-5,7,10-11H2,2H3. The highest BCUT2D eigenvalue weighted by Gasteiger charge is 2.12. The monoisotopic (exact) mass is 285 g/mol. The first-order valence-corrected chi connectivity index (χ1v) is 7.21. The molecule has 0 radical (unpaired) electrons. The van der Waals surface area contributed by atoms with Gasteiger partial charge in [-0.3, -0.25) is 0 Å². The zero-order valence-corrected chi connectivity index (χ0v) is 12.4. The maximum absolute atomic E-state index is 6.21. The zero-order chi connectivity index (χ0) is 13.4. The molecule has 0 spiro atoms. The third kappa shape index (κ3) is 5.01. The van der Waals surface area contributed by atoms with Crippen LogP contribution in [0.3, 0.4) is 0 Å². The summed E-state index contributed by atoms with van der Waals surface area (Å²) in [5.74, 6) is 0. The minimum Gasteiger partial charge on any atom is -0.314 e. The summed E-state index contributed by atoms with van der Waals surface area (Å²) >= 11 is 12.4. The molecule has 1 rings (SSSR count). The molecule has 18 heavy (non-hydrogen) atoms. The third-order valence-electron chi connectivity index (χ3n) is 2.91. The van der Waals surface area contributed by atoms with Gasteiger partial charge in [-0.25, -0.2) is 0 Å². The highest BCUT2D eigenvalue weighted by molar-refractivity contribution is 6.35. The quantitative estimate of drug-likeness (QED) is 0.672. The van der Waals surface area contributed by atoms with E-state index in [0.717, 1.165) is 47.8 Å². The van der Waals surface area contributed by atoms with Crippen molar-refractivity contribution in [3.63, 3.8) is 0 Å². The van der Waals surface area contributed by atoms with Gasteiger partial charge in [-0.2, -0.15) is 0 Å². The van der Waals surface area contributed by atoms with Crippen molar-refractivity contribution >= 4 is 23.2 Å². The van der Waals surface area contributed by atoms with E-state index < -0.39 is 0 Å². The van der Waals surface area contributed by atoms with Crippen LogP contribution in [0.2, 0.25) is 10.0 Å². The van der Waals surface area contributed by atoms with Gasteiger partial charge in [-0.05, 0) is 49.9 Å². The number of rotatable bonds is 8. The fourth-order valence-corrected chi connectivity index (χ4v) is 2.47. The lowest BCUT2D eigenvalue weighted by Gasteiger charge is -2.19. The van der Waals surface area contributed by atoms with Crippen molar-refractivity contribution < 1.29 is 0 Å². The largest absolute Gasteiger partial charge is 0.314 e. The normalized spacial score (nSPS) is 12.4. The Bertz CT molecular complexity index is 357. The molecular weight excluding hydrogens is 265 g/mol. The number of allylic oxidation sites excluding steroid dienone is 1. The van der Waals surface area contributed by atoms with Gasteiger partial charge in [0, 0.05) is 16.1 Å². The van der Waals surface area contributed by atoms with Crippen molar-refractivity contribution in [3.05, 3.63) is 46.5 Å². The lowest BCUT2D eigenvalue weighted by Crippen LogP contribution is -2.31. The summed E-state index contributed by atoms with van der Waals surface area (Å²) in [5.41, 5.74) is 1.04. The van der Waals surface area contributed by atoms with Crippen LogP contribution in [0, 0.1) is 0 Å². The van der Waals surface area contributed by atoms with Crippen LogP contribution in [0.1, 0.15) is 31.7 Å². The Labute approximate surface area is 120 Å². The first-order valence-electron chi connectivity index (χ1n) is 6.46. The Morgan fingerprint density at radius 1 is 1.33 bits per heavy atom. The van der Waals surface area contributed by atoms with Crippen LogP contribution < -0.4 is 5.32 Å². The molecule has 1 N–H and O–H groups in total. The minimum atomic E-state index is 0.403. The molecule has 0 aliphatic carbocycles. The van der Waals surface area contributed by atoms with Gasteiger partial charge in [0.1, 0.15) is 0 Å². The van der Waals surface area contributed by atoms with Gasteiger partial charge in [0.25, 0.3) is 0 Å². The molecule has 0 aromatic heterocycles. The van der Waals surface area contributed by atoms with E-state index in [1.165, 1.54) is 0 Å². The highest BCUT2D eigenvalue weighted by atomic mass is 35.5. The molecule has 0 aliphatic rings. The molecule has 1 atom stereocenters. The van der Waals surface area contributed by atoms with E-state index >= 15 is 0 Å². The Kier molecular flexibility index (Phi) is 7.41. The summed E-state index contributed by atoms with van der Waals surface area (Å²) in [5, 5.41) is 5.05. The Morgan fingerprint density at radius 2 is 2.00 bits per heavy atom. The molecule has 1 nitrogen and oxygen atoms in total. The molecule has 1 unspecified atom stereocenters. The van der Waals surface area contributed by atoms with Crippen molar-refractivity contribution in [1.82, 2.24) is 5.32 Å². The summed E-state index contributed by atoms with van der Waals surface area (Å²) in [6.07, 6.45) is 6.01. The minimum absolute atomic E-state index is 0.403. The first-order chi connectivity index (χ1) is 8.69. The molecular formula is C15H21Cl2N. The van der Waals surface area contributed by atoms with E-state index in [1.54, 1.807) is 0 Å². The summed E-state index contributed by atoms with van der Waals surface area (Å²) in [4.78, 5) is 0. The smallest absolute Gasteiger partial charge is 0.0453 e. The molecule has 0 amide bonds. The van der Waals surface area contributed by atoms with Crippen molar-refractivity contribution in [2.45, 2.75) is 38.6 Å². The van der Waals surface area contributed by atoms with Crippen LogP contribution >= 0.6 is 23.2 Å². The van der Waals surface area contributed by atoms with E-state index in [0.29, 0.717) is 6.04 Å². The van der Waals surface area contributed by atoms with Gasteiger partial charge in [0.05, 0.1) is 0 Å². The maximum Gasteiger partial charge on any atom is 0.0453 e. The van der Waals surface area contributed by atoms with Crippen LogP contribution in [0.25, 0.3) is 0 Å². The zero-order valence-electron chi connectivity index (χ0n) is 10.9. The summed E-state index contributed by atoms with van der Waals surface area (Å²) in [7, 11) is 0. The fourth-order valence-electron chi connectivity index (χ4n) is 1.92. The Morgan fingerprint density at radius 3 is 2.56 bits per heavy atom. The van der Waals surface area contributed by atoms with Gasteiger partial charge in [0.2, 0.25) is 0 Å². The molecule has 0 saturated carbocycles. The number of hydrogen-bond donors (Lipinski definition) is 1. The number of nitrogens with one attached hydrogen (secondary N) is 1.